The molecular weight excluding hydrogens is 269 g/mol. The summed E-state index contributed by atoms with van der Waals surface area (Å²) in [6.45, 7) is 3.51. The zero-order valence-corrected chi connectivity index (χ0v) is 12.8. The van der Waals surface area contributed by atoms with Crippen molar-refractivity contribution in [2.45, 2.75) is 38.8 Å². The number of hydrogen-bond acceptors (Lipinski definition) is 3. The van der Waals surface area contributed by atoms with Gasteiger partial charge in [-0.3, -0.25) is 4.79 Å². The summed E-state index contributed by atoms with van der Waals surface area (Å²) in [4.78, 5) is 13.3. The maximum atomic E-state index is 14.1. The molecule has 0 bridgehead atoms. The number of benzene rings is 1. The highest BCUT2D eigenvalue weighted by molar-refractivity contribution is 5.81. The van der Waals surface area contributed by atoms with Gasteiger partial charge in [0, 0.05) is 26.2 Å². The molecule has 1 aromatic rings. The first-order chi connectivity index (χ1) is 10.1. The second-order valence-electron chi connectivity index (χ2n) is 5.65. The minimum atomic E-state index is -0.282. The molecule has 0 aliphatic heterocycles. The van der Waals surface area contributed by atoms with Gasteiger partial charge in [-0.1, -0.05) is 13.0 Å². The van der Waals surface area contributed by atoms with E-state index in [4.69, 9.17) is 0 Å². The lowest BCUT2D eigenvalue weighted by molar-refractivity contribution is -0.119. The van der Waals surface area contributed by atoms with E-state index in [0.717, 1.165) is 12.0 Å². The monoisotopic (exact) mass is 293 g/mol. The van der Waals surface area contributed by atoms with Gasteiger partial charge < -0.3 is 15.5 Å². The predicted octanol–water partition coefficient (Wildman–Crippen LogP) is 2.04. The molecule has 116 valence electrons. The molecule has 1 amide bonds. The van der Waals surface area contributed by atoms with E-state index in [1.807, 2.05) is 13.0 Å². The highest BCUT2D eigenvalue weighted by atomic mass is 19.1. The lowest BCUT2D eigenvalue weighted by atomic mass is 10.2. The first-order valence-corrected chi connectivity index (χ1v) is 7.59. The minimum absolute atomic E-state index is 0.0850. The molecule has 1 aliphatic carbocycles. The Kier molecular flexibility index (Phi) is 5.56. The van der Waals surface area contributed by atoms with E-state index < -0.39 is 0 Å². The number of carbonyl (C=O) groups excluding carboxylic acids is 1. The predicted molar refractivity (Wildman–Crippen MR) is 82.8 cm³/mol. The lowest BCUT2D eigenvalue weighted by Crippen LogP contribution is -2.35. The van der Waals surface area contributed by atoms with Crippen molar-refractivity contribution in [1.29, 1.82) is 0 Å². The fourth-order valence-corrected chi connectivity index (χ4v) is 2.14. The number of nitrogens with zero attached hydrogens (tertiary/aromatic N) is 1. The van der Waals surface area contributed by atoms with Crippen LogP contribution in [0, 0.1) is 5.82 Å². The maximum absolute atomic E-state index is 14.1. The van der Waals surface area contributed by atoms with Gasteiger partial charge in [0.05, 0.1) is 12.2 Å². The number of carbonyl (C=O) groups is 1. The molecule has 1 saturated carbocycles. The number of anilines is 1. The molecule has 21 heavy (non-hydrogen) atoms. The number of halogens is 1. The summed E-state index contributed by atoms with van der Waals surface area (Å²) in [7, 11) is 1.73. The Morgan fingerprint density at radius 3 is 2.81 bits per heavy atom. The molecule has 0 spiro atoms. The first-order valence-electron chi connectivity index (χ1n) is 7.59. The summed E-state index contributed by atoms with van der Waals surface area (Å²) in [6, 6.07) is 5.81. The summed E-state index contributed by atoms with van der Waals surface area (Å²) < 4.78 is 14.1. The van der Waals surface area contributed by atoms with Crippen LogP contribution in [0.3, 0.4) is 0 Å². The summed E-state index contributed by atoms with van der Waals surface area (Å²) >= 11 is 0. The van der Waals surface area contributed by atoms with Gasteiger partial charge in [-0.05, 0) is 37.0 Å². The van der Waals surface area contributed by atoms with E-state index in [-0.39, 0.29) is 18.3 Å². The van der Waals surface area contributed by atoms with Crippen molar-refractivity contribution in [3.05, 3.63) is 29.6 Å². The topological polar surface area (TPSA) is 44.4 Å². The van der Waals surface area contributed by atoms with Gasteiger partial charge in [-0.2, -0.15) is 0 Å². The van der Waals surface area contributed by atoms with E-state index in [1.54, 1.807) is 24.1 Å². The zero-order valence-electron chi connectivity index (χ0n) is 12.8. The number of rotatable bonds is 8. The van der Waals surface area contributed by atoms with Crippen LogP contribution in [0.25, 0.3) is 0 Å². The van der Waals surface area contributed by atoms with E-state index in [2.05, 4.69) is 10.6 Å². The normalized spacial score (nSPS) is 14.0. The smallest absolute Gasteiger partial charge is 0.239 e. The summed E-state index contributed by atoms with van der Waals surface area (Å²) in [5.41, 5.74) is 1.39. The van der Waals surface area contributed by atoms with Crippen molar-refractivity contribution >= 4 is 11.6 Å². The van der Waals surface area contributed by atoms with E-state index in [1.165, 1.54) is 12.8 Å². The molecule has 2 rings (SSSR count). The van der Waals surface area contributed by atoms with Crippen LogP contribution in [-0.4, -0.2) is 32.1 Å². The molecule has 1 aliphatic rings. The fraction of sp³-hybridized carbons (Fsp3) is 0.562. The van der Waals surface area contributed by atoms with Crippen LogP contribution >= 0.6 is 0 Å². The molecule has 1 aromatic carbocycles. The van der Waals surface area contributed by atoms with E-state index >= 15 is 0 Å². The Bertz CT molecular complexity index is 488. The summed E-state index contributed by atoms with van der Waals surface area (Å²) in [6.07, 6.45) is 3.33. The highest BCUT2D eigenvalue weighted by Gasteiger charge is 2.20. The van der Waals surface area contributed by atoms with Crippen LogP contribution in [0.2, 0.25) is 0 Å². The Morgan fingerprint density at radius 1 is 1.43 bits per heavy atom. The van der Waals surface area contributed by atoms with Crippen molar-refractivity contribution in [3.8, 4) is 0 Å². The van der Waals surface area contributed by atoms with Gasteiger partial charge in [0.15, 0.2) is 0 Å². The van der Waals surface area contributed by atoms with Crippen molar-refractivity contribution in [2.75, 3.05) is 25.0 Å². The minimum Gasteiger partial charge on any atom is -0.363 e. The molecule has 5 heteroatoms. The van der Waals surface area contributed by atoms with E-state index in [9.17, 15) is 9.18 Å². The molecule has 0 radical (unpaired) electrons. The van der Waals surface area contributed by atoms with Gasteiger partial charge in [-0.25, -0.2) is 4.39 Å². The number of amides is 1. The van der Waals surface area contributed by atoms with Crippen molar-refractivity contribution in [1.82, 2.24) is 10.6 Å². The Labute approximate surface area is 125 Å². The summed E-state index contributed by atoms with van der Waals surface area (Å²) in [5, 5.41) is 6.15. The standard InChI is InChI=1S/C16H24FN3O/c1-3-8-18-16(21)11-20(2)15-7-4-12(9-14(15)17)10-19-13-5-6-13/h4,7,9,13,19H,3,5-6,8,10-11H2,1-2H3,(H,18,21). The third-order valence-electron chi connectivity index (χ3n) is 3.55. The second kappa shape index (κ2) is 7.41. The number of likely N-dealkylation sites (N-methyl/N-ethyl adjacent to an activating group) is 1. The quantitative estimate of drug-likeness (QED) is 0.771. The molecule has 0 unspecified atom stereocenters. The number of nitrogens with one attached hydrogen (secondary N) is 2. The molecular formula is C16H24FN3O. The van der Waals surface area contributed by atoms with Crippen LogP contribution in [0.5, 0.6) is 0 Å². The molecule has 4 nitrogen and oxygen atoms in total. The van der Waals surface area contributed by atoms with Crippen LogP contribution in [0.1, 0.15) is 31.7 Å². The molecule has 0 aromatic heterocycles. The van der Waals surface area contributed by atoms with Gasteiger partial charge >= 0.3 is 0 Å². The van der Waals surface area contributed by atoms with Gasteiger partial charge in [0.2, 0.25) is 5.91 Å². The highest BCUT2D eigenvalue weighted by Crippen LogP contribution is 2.22. The van der Waals surface area contributed by atoms with Gasteiger partial charge in [-0.15, -0.1) is 0 Å². The van der Waals surface area contributed by atoms with Crippen LogP contribution in [0.4, 0.5) is 10.1 Å². The SMILES string of the molecule is CCCNC(=O)CN(C)c1ccc(CNC2CC2)cc1F. The van der Waals surface area contributed by atoms with Crippen molar-refractivity contribution < 1.29 is 9.18 Å². The van der Waals surface area contributed by atoms with Crippen LogP contribution in [-0.2, 0) is 11.3 Å². The largest absolute Gasteiger partial charge is 0.363 e. The summed E-state index contributed by atoms with van der Waals surface area (Å²) in [5.74, 6) is -0.367. The third kappa shape index (κ3) is 5.01. The molecule has 0 heterocycles. The average Bonchev–Trinajstić information content (AvgIpc) is 3.27. The molecule has 0 atom stereocenters. The first kappa shape index (κ1) is 15.8. The Balaban J connectivity index is 1.90. The Morgan fingerprint density at radius 2 is 2.19 bits per heavy atom. The van der Waals surface area contributed by atoms with Crippen molar-refractivity contribution in [2.24, 2.45) is 0 Å². The average molecular weight is 293 g/mol. The number of hydrogen-bond donors (Lipinski definition) is 2. The van der Waals surface area contributed by atoms with E-state index in [0.29, 0.717) is 24.8 Å². The lowest BCUT2D eigenvalue weighted by Gasteiger charge is -2.20. The van der Waals surface area contributed by atoms with Gasteiger partial charge in [0.25, 0.3) is 0 Å². The van der Waals surface area contributed by atoms with Crippen molar-refractivity contribution in [3.63, 3.8) is 0 Å². The zero-order chi connectivity index (χ0) is 15.2. The molecule has 2 N–H and O–H groups in total. The Hall–Kier alpha value is -1.62. The molecule has 0 saturated heterocycles. The third-order valence-corrected chi connectivity index (χ3v) is 3.55. The second-order valence-corrected chi connectivity index (χ2v) is 5.65. The van der Waals surface area contributed by atoms with Crippen LogP contribution < -0.4 is 15.5 Å². The van der Waals surface area contributed by atoms with Crippen LogP contribution in [0.15, 0.2) is 18.2 Å². The maximum Gasteiger partial charge on any atom is 0.239 e. The molecule has 1 fully saturated rings. The fourth-order valence-electron chi connectivity index (χ4n) is 2.14. The van der Waals surface area contributed by atoms with Gasteiger partial charge in [0.1, 0.15) is 5.82 Å².